The Labute approximate surface area is 116 Å². The fourth-order valence-electron chi connectivity index (χ4n) is 3.10. The maximum absolute atomic E-state index is 6.50. The Bertz CT molecular complexity index is 398. The van der Waals surface area contributed by atoms with Crippen molar-refractivity contribution in [2.45, 2.75) is 44.6 Å². The van der Waals surface area contributed by atoms with Crippen LogP contribution in [0.1, 0.15) is 50.1 Å². The second-order valence-electron chi connectivity index (χ2n) is 5.36. The molecule has 0 amide bonds. The molecular weight excluding hydrogens is 238 g/mol. The van der Waals surface area contributed by atoms with E-state index in [2.05, 4.69) is 6.07 Å². The number of hydrogen-bond acceptors (Lipinski definition) is 3. The predicted octanol–water partition coefficient (Wildman–Crippen LogP) is 3.67. The summed E-state index contributed by atoms with van der Waals surface area (Å²) in [6, 6.07) is 6.02. The minimum atomic E-state index is 0.0446. The molecular formula is C16H25NO2. The third kappa shape index (κ3) is 3.21. The van der Waals surface area contributed by atoms with E-state index in [1.807, 2.05) is 12.1 Å². The molecule has 1 aliphatic carbocycles. The summed E-state index contributed by atoms with van der Waals surface area (Å²) in [6.45, 7) is 0. The van der Waals surface area contributed by atoms with E-state index in [4.69, 9.17) is 15.2 Å². The van der Waals surface area contributed by atoms with Crippen molar-refractivity contribution in [3.8, 4) is 11.5 Å². The molecule has 1 unspecified atom stereocenters. The number of rotatable bonds is 4. The summed E-state index contributed by atoms with van der Waals surface area (Å²) in [4.78, 5) is 0. The van der Waals surface area contributed by atoms with Gasteiger partial charge in [0.25, 0.3) is 0 Å². The lowest BCUT2D eigenvalue weighted by Crippen LogP contribution is -2.22. The summed E-state index contributed by atoms with van der Waals surface area (Å²) >= 11 is 0. The number of nitrogens with two attached hydrogens (primary N) is 1. The molecule has 3 nitrogen and oxygen atoms in total. The topological polar surface area (TPSA) is 44.5 Å². The molecule has 0 aliphatic heterocycles. The van der Waals surface area contributed by atoms with Crippen LogP contribution in [0.25, 0.3) is 0 Å². The van der Waals surface area contributed by atoms with Crippen LogP contribution in [0.2, 0.25) is 0 Å². The molecule has 0 bridgehead atoms. The van der Waals surface area contributed by atoms with Crippen molar-refractivity contribution in [2.24, 2.45) is 11.7 Å². The summed E-state index contributed by atoms with van der Waals surface area (Å²) in [5.41, 5.74) is 7.58. The fourth-order valence-corrected chi connectivity index (χ4v) is 3.10. The zero-order valence-corrected chi connectivity index (χ0v) is 12.0. The number of hydrogen-bond donors (Lipinski definition) is 1. The Morgan fingerprint density at radius 1 is 1.05 bits per heavy atom. The van der Waals surface area contributed by atoms with Crippen LogP contribution in [-0.2, 0) is 0 Å². The number of ether oxygens (including phenoxy) is 2. The summed E-state index contributed by atoms with van der Waals surface area (Å²) < 4.78 is 10.9. The van der Waals surface area contributed by atoms with Crippen molar-refractivity contribution in [1.29, 1.82) is 0 Å². The molecule has 2 N–H and O–H groups in total. The average molecular weight is 263 g/mol. The molecule has 106 valence electrons. The standard InChI is InChI=1S/C16H25NO2/c1-18-14-11-7-10-13(16(14)19-2)15(17)12-8-5-3-4-6-9-12/h7,10-12,15H,3-6,8-9,17H2,1-2H3. The van der Waals surface area contributed by atoms with Crippen molar-refractivity contribution in [2.75, 3.05) is 14.2 Å². The average Bonchev–Trinajstić information content (AvgIpc) is 2.74. The van der Waals surface area contributed by atoms with Gasteiger partial charge in [0.2, 0.25) is 0 Å². The maximum atomic E-state index is 6.50. The summed E-state index contributed by atoms with van der Waals surface area (Å²) in [5.74, 6) is 2.12. The van der Waals surface area contributed by atoms with Crippen LogP contribution in [0.3, 0.4) is 0 Å². The van der Waals surface area contributed by atoms with Crippen LogP contribution in [0, 0.1) is 5.92 Å². The highest BCUT2D eigenvalue weighted by molar-refractivity contribution is 5.48. The third-order valence-corrected chi connectivity index (χ3v) is 4.20. The highest BCUT2D eigenvalue weighted by Gasteiger charge is 2.24. The van der Waals surface area contributed by atoms with Crippen LogP contribution in [-0.4, -0.2) is 14.2 Å². The summed E-state index contributed by atoms with van der Waals surface area (Å²) in [6.07, 6.45) is 7.73. The molecule has 1 aliphatic rings. The van der Waals surface area contributed by atoms with E-state index in [9.17, 15) is 0 Å². The fraction of sp³-hybridized carbons (Fsp3) is 0.625. The first-order valence-electron chi connectivity index (χ1n) is 7.24. The zero-order chi connectivity index (χ0) is 13.7. The molecule has 1 saturated carbocycles. The van der Waals surface area contributed by atoms with Gasteiger partial charge in [-0.25, -0.2) is 0 Å². The molecule has 1 atom stereocenters. The van der Waals surface area contributed by atoms with E-state index in [0.717, 1.165) is 17.1 Å². The molecule has 0 spiro atoms. The molecule has 19 heavy (non-hydrogen) atoms. The van der Waals surface area contributed by atoms with Gasteiger partial charge in [0.15, 0.2) is 11.5 Å². The van der Waals surface area contributed by atoms with E-state index < -0.39 is 0 Å². The van der Waals surface area contributed by atoms with Gasteiger partial charge in [0.05, 0.1) is 14.2 Å². The first-order valence-corrected chi connectivity index (χ1v) is 7.24. The second kappa shape index (κ2) is 6.80. The molecule has 1 fully saturated rings. The predicted molar refractivity (Wildman–Crippen MR) is 77.7 cm³/mol. The molecule has 1 aromatic carbocycles. The zero-order valence-electron chi connectivity index (χ0n) is 12.0. The molecule has 3 heteroatoms. The SMILES string of the molecule is COc1cccc(C(N)C2CCCCCC2)c1OC. The highest BCUT2D eigenvalue weighted by atomic mass is 16.5. The van der Waals surface area contributed by atoms with Gasteiger partial charge in [-0.15, -0.1) is 0 Å². The first kappa shape index (κ1) is 14.2. The van der Waals surface area contributed by atoms with Crippen molar-refractivity contribution in [3.05, 3.63) is 23.8 Å². The second-order valence-corrected chi connectivity index (χ2v) is 5.36. The molecule has 1 aromatic rings. The molecule has 0 heterocycles. The number of benzene rings is 1. The Hall–Kier alpha value is -1.22. The lowest BCUT2D eigenvalue weighted by molar-refractivity contribution is 0.333. The highest BCUT2D eigenvalue weighted by Crippen LogP contribution is 2.39. The van der Waals surface area contributed by atoms with Gasteiger partial charge >= 0.3 is 0 Å². The van der Waals surface area contributed by atoms with Crippen LogP contribution in [0.15, 0.2) is 18.2 Å². The van der Waals surface area contributed by atoms with Crippen LogP contribution in [0.5, 0.6) is 11.5 Å². The van der Waals surface area contributed by atoms with Crippen molar-refractivity contribution in [3.63, 3.8) is 0 Å². The smallest absolute Gasteiger partial charge is 0.165 e. The minimum Gasteiger partial charge on any atom is -0.493 e. The van der Waals surface area contributed by atoms with E-state index in [1.54, 1.807) is 14.2 Å². The lowest BCUT2D eigenvalue weighted by Gasteiger charge is -2.25. The Morgan fingerprint density at radius 2 is 1.74 bits per heavy atom. The molecule has 0 saturated heterocycles. The van der Waals surface area contributed by atoms with E-state index in [0.29, 0.717) is 5.92 Å². The van der Waals surface area contributed by atoms with Gasteiger partial charge in [-0.05, 0) is 24.8 Å². The Kier molecular flexibility index (Phi) is 5.08. The first-order chi connectivity index (χ1) is 9.27. The minimum absolute atomic E-state index is 0.0446. The molecule has 0 radical (unpaired) electrons. The van der Waals surface area contributed by atoms with E-state index in [-0.39, 0.29) is 6.04 Å². The van der Waals surface area contributed by atoms with Crippen molar-refractivity contribution < 1.29 is 9.47 Å². The Balaban J connectivity index is 2.24. The van der Waals surface area contributed by atoms with Crippen LogP contribution in [0.4, 0.5) is 0 Å². The third-order valence-electron chi connectivity index (χ3n) is 4.20. The maximum Gasteiger partial charge on any atom is 0.165 e. The van der Waals surface area contributed by atoms with Crippen molar-refractivity contribution in [1.82, 2.24) is 0 Å². The van der Waals surface area contributed by atoms with Gasteiger partial charge in [-0.3, -0.25) is 0 Å². The van der Waals surface area contributed by atoms with E-state index >= 15 is 0 Å². The largest absolute Gasteiger partial charge is 0.493 e. The normalized spacial score (nSPS) is 18.7. The number of para-hydroxylation sites is 1. The van der Waals surface area contributed by atoms with Gasteiger partial charge in [-0.2, -0.15) is 0 Å². The quantitative estimate of drug-likeness (QED) is 0.843. The monoisotopic (exact) mass is 263 g/mol. The summed E-state index contributed by atoms with van der Waals surface area (Å²) in [7, 11) is 3.35. The van der Waals surface area contributed by atoms with E-state index in [1.165, 1.54) is 38.5 Å². The lowest BCUT2D eigenvalue weighted by atomic mass is 9.87. The van der Waals surface area contributed by atoms with Crippen LogP contribution >= 0.6 is 0 Å². The van der Waals surface area contributed by atoms with Gasteiger partial charge in [0.1, 0.15) is 0 Å². The Morgan fingerprint density at radius 3 is 2.32 bits per heavy atom. The number of methoxy groups -OCH3 is 2. The molecule has 2 rings (SSSR count). The van der Waals surface area contributed by atoms with Crippen molar-refractivity contribution >= 4 is 0 Å². The summed E-state index contributed by atoms with van der Waals surface area (Å²) in [5, 5.41) is 0. The van der Waals surface area contributed by atoms with Gasteiger partial charge < -0.3 is 15.2 Å². The van der Waals surface area contributed by atoms with Crippen LogP contribution < -0.4 is 15.2 Å². The van der Waals surface area contributed by atoms with Gasteiger partial charge in [0, 0.05) is 11.6 Å². The van der Waals surface area contributed by atoms with Gasteiger partial charge in [-0.1, -0.05) is 37.8 Å². The molecule has 0 aromatic heterocycles.